The number of hydrogen-bond donors (Lipinski definition) is 1. The van der Waals surface area contributed by atoms with Gasteiger partial charge in [0.05, 0.1) is 11.8 Å². The van der Waals surface area contributed by atoms with Crippen LogP contribution in [0.2, 0.25) is 0 Å². The number of benzene rings is 2. The molecule has 7 nitrogen and oxygen atoms in total. The minimum absolute atomic E-state index is 0.0174. The molecule has 2 aliphatic rings. The van der Waals surface area contributed by atoms with Gasteiger partial charge in [-0.05, 0) is 49.4 Å². The first-order valence-electron chi connectivity index (χ1n) is 13.7. The van der Waals surface area contributed by atoms with Gasteiger partial charge in [0, 0.05) is 36.4 Å². The zero-order chi connectivity index (χ0) is 27.9. The summed E-state index contributed by atoms with van der Waals surface area (Å²) in [6.45, 7) is 4.18. The van der Waals surface area contributed by atoms with Gasteiger partial charge in [0.2, 0.25) is 23.6 Å². The lowest BCUT2D eigenvalue weighted by Gasteiger charge is -2.33. The third-order valence-electron chi connectivity index (χ3n) is 7.66. The average Bonchev–Trinajstić information content (AvgIpc) is 3.18. The molecular weight excluding hydrogens is 558 g/mol. The highest BCUT2D eigenvalue weighted by atomic mass is 79.9. The number of nitrogens with one attached hydrogen (secondary N) is 1. The number of amides is 4. The highest BCUT2D eigenvalue weighted by molar-refractivity contribution is 9.10. The summed E-state index contributed by atoms with van der Waals surface area (Å²) < 4.78 is 0.876. The Hall–Kier alpha value is -3.26. The Bertz CT molecular complexity index is 1210. The summed E-state index contributed by atoms with van der Waals surface area (Å²) >= 11 is 3.50. The summed E-state index contributed by atoms with van der Waals surface area (Å²) in [6.07, 6.45) is 6.09. The molecule has 0 saturated carbocycles. The number of carbonyl (C=O) groups is 4. The average molecular weight is 595 g/mol. The Labute approximate surface area is 238 Å². The minimum Gasteiger partial charge on any atom is -0.352 e. The zero-order valence-corrected chi connectivity index (χ0v) is 24.1. The lowest BCUT2D eigenvalue weighted by atomic mass is 9.85. The van der Waals surface area contributed by atoms with Crippen molar-refractivity contribution in [1.82, 2.24) is 15.1 Å². The van der Waals surface area contributed by atoms with Gasteiger partial charge >= 0.3 is 0 Å². The molecule has 4 amide bonds. The Kier molecular flexibility index (Phi) is 9.73. The number of carbonyl (C=O) groups excluding carboxylic acids is 4. The molecular formula is C31H36BrN3O4. The number of halogens is 1. The summed E-state index contributed by atoms with van der Waals surface area (Å²) in [4.78, 5) is 56.3. The molecule has 1 heterocycles. The first-order chi connectivity index (χ1) is 18.8. The molecule has 2 aromatic rings. The quantitative estimate of drug-likeness (QED) is 0.303. The van der Waals surface area contributed by atoms with Gasteiger partial charge in [-0.25, -0.2) is 0 Å². The van der Waals surface area contributed by atoms with E-state index in [1.807, 2.05) is 80.6 Å². The fourth-order valence-corrected chi connectivity index (χ4v) is 5.71. The monoisotopic (exact) mass is 593 g/mol. The third-order valence-corrected chi connectivity index (χ3v) is 8.16. The molecule has 1 saturated heterocycles. The Morgan fingerprint density at radius 3 is 2.26 bits per heavy atom. The second-order valence-electron chi connectivity index (χ2n) is 10.4. The van der Waals surface area contributed by atoms with Crippen LogP contribution in [0.3, 0.4) is 0 Å². The van der Waals surface area contributed by atoms with Crippen molar-refractivity contribution in [2.24, 2.45) is 11.8 Å². The van der Waals surface area contributed by atoms with Gasteiger partial charge < -0.3 is 10.2 Å². The maximum absolute atomic E-state index is 13.9. The third kappa shape index (κ3) is 7.04. The van der Waals surface area contributed by atoms with E-state index < -0.39 is 6.04 Å². The van der Waals surface area contributed by atoms with Crippen molar-refractivity contribution in [2.45, 2.75) is 64.6 Å². The van der Waals surface area contributed by atoms with E-state index in [0.29, 0.717) is 19.3 Å². The molecule has 206 valence electrons. The largest absolute Gasteiger partial charge is 0.352 e. The molecule has 4 atom stereocenters. The van der Waals surface area contributed by atoms with Crippen LogP contribution in [0.25, 0.3) is 0 Å². The van der Waals surface area contributed by atoms with Gasteiger partial charge in [0.1, 0.15) is 6.04 Å². The van der Waals surface area contributed by atoms with E-state index in [1.165, 1.54) is 4.90 Å². The number of fused-ring (bicyclic) bond motifs is 1. The van der Waals surface area contributed by atoms with Crippen LogP contribution in [0.4, 0.5) is 0 Å². The number of rotatable bonds is 11. The molecule has 8 heteroatoms. The van der Waals surface area contributed by atoms with Crippen LogP contribution in [-0.2, 0) is 32.1 Å². The van der Waals surface area contributed by atoms with Gasteiger partial charge in [-0.15, -0.1) is 0 Å². The van der Waals surface area contributed by atoms with Crippen molar-refractivity contribution in [1.29, 1.82) is 0 Å². The van der Waals surface area contributed by atoms with Crippen molar-refractivity contribution < 1.29 is 19.2 Å². The molecule has 0 aromatic heterocycles. The lowest BCUT2D eigenvalue weighted by Crippen LogP contribution is -2.52. The van der Waals surface area contributed by atoms with Crippen LogP contribution in [0.5, 0.6) is 0 Å². The first-order valence-corrected chi connectivity index (χ1v) is 14.5. The maximum atomic E-state index is 13.9. The van der Waals surface area contributed by atoms with Crippen LogP contribution < -0.4 is 5.32 Å². The standard InChI is InChI=1S/C31H36BrN3O4/c1-3-21(2)33-29(37)27(19-22-10-5-4-6-11-22)35(20-23-12-9-13-24(32)18-23)28(36)16-17-34-30(38)25-14-7-8-15-26(25)31(34)39/h4-13,18,21,25-27H,3,14-17,19-20H2,1-2H3,(H,33,37)/t21-,25-,26+,27+/m1/s1. The maximum Gasteiger partial charge on any atom is 0.243 e. The van der Waals surface area contributed by atoms with Gasteiger partial charge in [-0.2, -0.15) is 0 Å². The summed E-state index contributed by atoms with van der Waals surface area (Å²) in [6, 6.07) is 16.5. The SMILES string of the molecule is CC[C@@H](C)NC(=O)[C@H](Cc1ccccc1)N(Cc1cccc(Br)c1)C(=O)CCN1C(=O)[C@H]2CC=CC[C@H]2C1=O. The second-order valence-corrected chi connectivity index (χ2v) is 11.3. The predicted octanol–water partition coefficient (Wildman–Crippen LogP) is 4.65. The first kappa shape index (κ1) is 28.7. The normalized spacial score (nSPS) is 19.9. The van der Waals surface area contributed by atoms with Crippen molar-refractivity contribution in [2.75, 3.05) is 6.54 Å². The van der Waals surface area contributed by atoms with E-state index in [9.17, 15) is 19.2 Å². The molecule has 0 radical (unpaired) electrons. The van der Waals surface area contributed by atoms with E-state index in [-0.39, 0.29) is 61.0 Å². The fraction of sp³-hybridized carbons (Fsp3) is 0.419. The predicted molar refractivity (Wildman–Crippen MR) is 153 cm³/mol. The van der Waals surface area contributed by atoms with Gasteiger partial charge in [-0.3, -0.25) is 24.1 Å². The minimum atomic E-state index is -0.760. The van der Waals surface area contributed by atoms with E-state index in [4.69, 9.17) is 0 Å². The van der Waals surface area contributed by atoms with Gasteiger partial charge in [0.15, 0.2) is 0 Å². The van der Waals surface area contributed by atoms with E-state index in [1.54, 1.807) is 4.90 Å². The number of allylic oxidation sites excluding steroid dienone is 2. The topological polar surface area (TPSA) is 86.8 Å². The smallest absolute Gasteiger partial charge is 0.243 e. The molecule has 1 N–H and O–H groups in total. The highest BCUT2D eigenvalue weighted by Crippen LogP contribution is 2.35. The molecule has 0 spiro atoms. The van der Waals surface area contributed by atoms with Crippen LogP contribution >= 0.6 is 15.9 Å². The number of likely N-dealkylation sites (tertiary alicyclic amines) is 1. The molecule has 1 aliphatic heterocycles. The molecule has 1 aliphatic carbocycles. The zero-order valence-electron chi connectivity index (χ0n) is 22.5. The summed E-state index contributed by atoms with van der Waals surface area (Å²) in [5.41, 5.74) is 1.81. The number of hydrogen-bond acceptors (Lipinski definition) is 4. The van der Waals surface area contributed by atoms with Gasteiger partial charge in [-0.1, -0.05) is 77.5 Å². The number of nitrogens with zero attached hydrogens (tertiary/aromatic N) is 2. The molecule has 0 unspecified atom stereocenters. The molecule has 2 aromatic carbocycles. The molecule has 0 bridgehead atoms. The van der Waals surface area contributed by atoms with Crippen molar-refractivity contribution in [3.8, 4) is 0 Å². The summed E-state index contributed by atoms with van der Waals surface area (Å²) in [5.74, 6) is -1.55. The molecule has 4 rings (SSSR count). The number of imide groups is 1. The van der Waals surface area contributed by atoms with E-state index in [2.05, 4.69) is 21.2 Å². The van der Waals surface area contributed by atoms with E-state index in [0.717, 1.165) is 22.0 Å². The van der Waals surface area contributed by atoms with Crippen molar-refractivity contribution >= 4 is 39.6 Å². The van der Waals surface area contributed by atoms with Crippen molar-refractivity contribution in [3.05, 3.63) is 82.3 Å². The van der Waals surface area contributed by atoms with Gasteiger partial charge in [0.25, 0.3) is 0 Å². The fourth-order valence-electron chi connectivity index (χ4n) is 5.27. The Morgan fingerprint density at radius 2 is 1.64 bits per heavy atom. The van der Waals surface area contributed by atoms with Crippen LogP contribution in [0.15, 0.2) is 71.2 Å². The van der Waals surface area contributed by atoms with Crippen LogP contribution in [0.1, 0.15) is 50.7 Å². The van der Waals surface area contributed by atoms with Crippen LogP contribution in [0, 0.1) is 11.8 Å². The Morgan fingerprint density at radius 1 is 1.00 bits per heavy atom. The second kappa shape index (κ2) is 13.2. The summed E-state index contributed by atoms with van der Waals surface area (Å²) in [5, 5.41) is 3.06. The lowest BCUT2D eigenvalue weighted by molar-refractivity contribution is -0.144. The molecule has 1 fully saturated rings. The highest BCUT2D eigenvalue weighted by Gasteiger charge is 2.47. The van der Waals surface area contributed by atoms with Crippen molar-refractivity contribution in [3.63, 3.8) is 0 Å². The summed E-state index contributed by atoms with van der Waals surface area (Å²) in [7, 11) is 0. The van der Waals surface area contributed by atoms with E-state index >= 15 is 0 Å². The van der Waals surface area contributed by atoms with Crippen LogP contribution in [-0.4, -0.2) is 52.1 Å². The molecule has 39 heavy (non-hydrogen) atoms. The Balaban J connectivity index is 1.59.